The minimum atomic E-state index is -0.655. The lowest BCUT2D eigenvalue weighted by Gasteiger charge is -2.21. The zero-order chi connectivity index (χ0) is 23.4. The van der Waals surface area contributed by atoms with Crippen molar-refractivity contribution in [3.8, 4) is 11.5 Å². The van der Waals surface area contributed by atoms with Crippen molar-refractivity contribution in [1.82, 2.24) is 5.32 Å². The molecule has 0 radical (unpaired) electrons. The minimum Gasteiger partial charge on any atom is -0.508 e. The molecule has 8 heteroatoms. The molecule has 0 aliphatic heterocycles. The molecule has 0 bridgehead atoms. The average Bonchev–Trinajstić information content (AvgIpc) is 2.76. The fourth-order valence-corrected chi connectivity index (χ4v) is 3.12. The maximum Gasteiger partial charge on any atom is 0.344 e. The van der Waals surface area contributed by atoms with Gasteiger partial charge in [-0.15, -0.1) is 0 Å². The molecular weight excluding hydrogens is 624 g/mol. The van der Waals surface area contributed by atoms with Gasteiger partial charge >= 0.3 is 5.97 Å². The van der Waals surface area contributed by atoms with Gasteiger partial charge in [-0.05, 0) is 81.1 Å². The molecule has 2 aromatic rings. The molecule has 3 N–H and O–H groups in total. The zero-order valence-corrected chi connectivity index (χ0v) is 22.6. The van der Waals surface area contributed by atoms with Gasteiger partial charge in [-0.1, -0.05) is 18.2 Å². The first-order chi connectivity index (χ1) is 14.8. The molecule has 0 spiro atoms. The Balaban J connectivity index is 0.00000233. The second-order valence-corrected chi connectivity index (χ2v) is 7.17. The van der Waals surface area contributed by atoms with E-state index < -0.39 is 6.10 Å². The first-order valence-electron chi connectivity index (χ1n) is 10.0. The number of nitrogens with one attached hydrogen (secondary N) is 1. The van der Waals surface area contributed by atoms with Gasteiger partial charge in [0.2, 0.25) is 0 Å². The fourth-order valence-electron chi connectivity index (χ4n) is 3.12. The molecule has 2 rings (SSSR count). The van der Waals surface area contributed by atoms with Crippen LogP contribution in [0.15, 0.2) is 36.4 Å². The van der Waals surface area contributed by atoms with Crippen molar-refractivity contribution >= 4 is 43.2 Å². The molecule has 0 unspecified atom stereocenters. The molecule has 0 fully saturated rings. The summed E-state index contributed by atoms with van der Waals surface area (Å²) in [6.45, 7) is 8.62. The molecule has 6 nitrogen and oxygen atoms in total. The van der Waals surface area contributed by atoms with Crippen LogP contribution < -0.4 is 10.1 Å². The summed E-state index contributed by atoms with van der Waals surface area (Å²) in [5.41, 5.74) is 4.00. The normalized spacial score (nSPS) is 12.4. The van der Waals surface area contributed by atoms with Crippen LogP contribution in [-0.2, 0) is 16.0 Å². The van der Waals surface area contributed by atoms with Crippen molar-refractivity contribution in [3.63, 3.8) is 0 Å². The van der Waals surface area contributed by atoms with Gasteiger partial charge in [-0.3, -0.25) is 0 Å². The van der Waals surface area contributed by atoms with E-state index in [0.29, 0.717) is 18.9 Å². The van der Waals surface area contributed by atoms with Crippen LogP contribution in [0.25, 0.3) is 0 Å². The van der Waals surface area contributed by atoms with Crippen LogP contribution in [-0.4, -0.2) is 42.0 Å². The number of rotatable bonds is 10. The monoisotopic (exact) mass is 655 g/mol. The number of hydrogen-bond donors (Lipinski definition) is 3. The third-order valence-electron chi connectivity index (χ3n) is 4.85. The molecular formula is C23H31I2NO5. The van der Waals surface area contributed by atoms with Crippen molar-refractivity contribution in [2.45, 2.75) is 46.3 Å². The second kappa shape index (κ2) is 14.9. The molecule has 31 heavy (non-hydrogen) atoms. The Morgan fingerprint density at radius 1 is 1.13 bits per heavy atom. The van der Waals surface area contributed by atoms with Gasteiger partial charge in [0.1, 0.15) is 11.5 Å². The first-order valence-corrected chi connectivity index (χ1v) is 16.3. The number of aliphatic hydroxyl groups is 1. The van der Waals surface area contributed by atoms with E-state index in [-0.39, 0.29) is 24.4 Å². The first kappa shape index (κ1) is 27.9. The maximum atomic E-state index is 11.5. The average molecular weight is 655 g/mol. The molecule has 172 valence electrons. The van der Waals surface area contributed by atoms with Crippen LogP contribution in [0.5, 0.6) is 11.5 Å². The Labute approximate surface area is 208 Å². The lowest BCUT2D eigenvalue weighted by molar-refractivity contribution is -0.145. The van der Waals surface area contributed by atoms with E-state index >= 15 is 0 Å². The van der Waals surface area contributed by atoms with Crippen LogP contribution in [0.4, 0.5) is 0 Å². The molecule has 0 aliphatic carbocycles. The summed E-state index contributed by atoms with van der Waals surface area (Å²) in [4.78, 5) is 11.5. The molecule has 0 saturated carbocycles. The number of hydrogen-bond acceptors (Lipinski definition) is 6. The van der Waals surface area contributed by atoms with Gasteiger partial charge in [0.25, 0.3) is 0 Å². The number of aryl methyl sites for hydroxylation is 2. The highest BCUT2D eigenvalue weighted by Crippen LogP contribution is 2.24. The van der Waals surface area contributed by atoms with Crippen LogP contribution in [0.3, 0.4) is 0 Å². The van der Waals surface area contributed by atoms with Gasteiger partial charge < -0.3 is 25.0 Å². The van der Waals surface area contributed by atoms with Crippen LogP contribution in [0.2, 0.25) is 0 Å². The smallest absolute Gasteiger partial charge is 0.344 e. The van der Waals surface area contributed by atoms with Crippen molar-refractivity contribution < 1.29 is 24.5 Å². The largest absolute Gasteiger partial charge is 0.508 e. The Morgan fingerprint density at radius 3 is 2.39 bits per heavy atom. The second-order valence-electron chi connectivity index (χ2n) is 7.17. The summed E-state index contributed by atoms with van der Waals surface area (Å²) in [7, 11) is 0. The Morgan fingerprint density at radius 2 is 1.77 bits per heavy atom. The highest BCUT2D eigenvalue weighted by molar-refractivity contribution is 15.0. The number of phenolic OH excluding ortho intramolecular Hbond substituents is 1. The Bertz CT molecular complexity index is 814. The molecule has 2 aromatic carbocycles. The minimum absolute atomic E-state index is 0.0955. The number of ether oxygens (including phenoxy) is 2. The molecule has 0 saturated heterocycles. The van der Waals surface area contributed by atoms with Crippen molar-refractivity contribution in [1.29, 1.82) is 0 Å². The third kappa shape index (κ3) is 9.50. The SMILES string of the molecule is CCOC(=O)COc1cc(C)c(CCN[C@@H](C)[C@H](O)c2ccc(O)cc2)cc1C.II. The summed E-state index contributed by atoms with van der Waals surface area (Å²) >= 11 is 4.24. The highest BCUT2D eigenvalue weighted by atomic mass is 128. The van der Waals surface area contributed by atoms with Gasteiger partial charge in [0.15, 0.2) is 6.61 Å². The molecule has 0 amide bonds. The topological polar surface area (TPSA) is 88.0 Å². The third-order valence-corrected chi connectivity index (χ3v) is 4.85. The summed E-state index contributed by atoms with van der Waals surface area (Å²) in [5.74, 6) is 0.490. The predicted octanol–water partition coefficient (Wildman–Crippen LogP) is 4.98. The van der Waals surface area contributed by atoms with E-state index in [0.717, 1.165) is 23.1 Å². The predicted molar refractivity (Wildman–Crippen MR) is 140 cm³/mol. The number of aliphatic hydroxyl groups excluding tert-OH is 1. The Kier molecular flexibility index (Phi) is 13.4. The highest BCUT2D eigenvalue weighted by Gasteiger charge is 2.16. The standard InChI is InChI=1S/C23H31NO5.I2/c1-5-28-22(26)14-29-21-13-15(2)19(12-16(21)3)10-11-24-17(4)23(27)18-6-8-20(25)9-7-18;1-2/h6-9,12-13,17,23-25,27H,5,10-11,14H2,1-4H3;/t17-,23-;/m0./s1. The summed E-state index contributed by atoms with van der Waals surface area (Å²) in [6, 6.07) is 10.5. The van der Waals surface area contributed by atoms with E-state index in [1.54, 1.807) is 31.2 Å². The number of benzene rings is 2. The van der Waals surface area contributed by atoms with E-state index in [2.05, 4.69) is 48.6 Å². The van der Waals surface area contributed by atoms with Crippen molar-refractivity contribution in [3.05, 3.63) is 58.7 Å². The van der Waals surface area contributed by atoms with Gasteiger partial charge in [0, 0.05) is 43.3 Å². The summed E-state index contributed by atoms with van der Waals surface area (Å²) in [6.07, 6.45) is 0.148. The van der Waals surface area contributed by atoms with E-state index in [1.807, 2.05) is 26.8 Å². The van der Waals surface area contributed by atoms with Crippen LogP contribution in [0.1, 0.15) is 42.2 Å². The molecule has 0 heterocycles. The van der Waals surface area contributed by atoms with Gasteiger partial charge in [-0.25, -0.2) is 4.79 Å². The molecule has 0 aromatic heterocycles. The number of carbonyl (C=O) groups excluding carboxylic acids is 1. The lowest BCUT2D eigenvalue weighted by Crippen LogP contribution is -2.33. The van der Waals surface area contributed by atoms with Crippen LogP contribution >= 0.6 is 37.2 Å². The summed E-state index contributed by atoms with van der Waals surface area (Å²) < 4.78 is 10.5. The quantitative estimate of drug-likeness (QED) is 0.248. The van der Waals surface area contributed by atoms with Crippen molar-refractivity contribution in [2.24, 2.45) is 0 Å². The van der Waals surface area contributed by atoms with E-state index in [1.165, 1.54) is 5.56 Å². The lowest BCUT2D eigenvalue weighted by atomic mass is 10.0. The molecule has 2 atom stereocenters. The van der Waals surface area contributed by atoms with Crippen molar-refractivity contribution in [2.75, 3.05) is 19.8 Å². The van der Waals surface area contributed by atoms with E-state index in [9.17, 15) is 15.0 Å². The zero-order valence-electron chi connectivity index (χ0n) is 18.3. The fraction of sp³-hybridized carbons (Fsp3) is 0.435. The number of esters is 1. The summed E-state index contributed by atoms with van der Waals surface area (Å²) in [5, 5.41) is 23.2. The number of carbonyl (C=O) groups is 1. The van der Waals surface area contributed by atoms with Gasteiger partial charge in [-0.2, -0.15) is 0 Å². The van der Waals surface area contributed by atoms with Crippen LogP contribution in [0, 0.1) is 13.8 Å². The molecule has 0 aliphatic rings. The van der Waals surface area contributed by atoms with E-state index in [4.69, 9.17) is 9.47 Å². The Hall–Kier alpha value is -1.11. The number of aromatic hydroxyl groups is 1. The maximum absolute atomic E-state index is 11.5. The number of halogens is 2. The van der Waals surface area contributed by atoms with Gasteiger partial charge in [0.05, 0.1) is 12.7 Å². The number of phenols is 1.